The zero-order valence-corrected chi connectivity index (χ0v) is 13.6. The van der Waals surface area contributed by atoms with E-state index in [-0.39, 0.29) is 11.4 Å². The Bertz CT molecular complexity index is 628. The molecule has 1 heterocycles. The summed E-state index contributed by atoms with van der Waals surface area (Å²) in [5.74, 6) is 0. The second-order valence-electron chi connectivity index (χ2n) is 5.44. The van der Waals surface area contributed by atoms with Gasteiger partial charge in [-0.2, -0.15) is 13.2 Å². The monoisotopic (exact) mass is 368 g/mol. The molecule has 0 amide bonds. The number of benzene rings is 1. The van der Waals surface area contributed by atoms with Crippen LogP contribution in [0.25, 0.3) is 0 Å². The highest BCUT2D eigenvalue weighted by molar-refractivity contribution is 7.89. The average molecular weight is 368 g/mol. The number of morpholine rings is 1. The van der Waals surface area contributed by atoms with Gasteiger partial charge in [-0.05, 0) is 24.3 Å². The molecule has 0 radical (unpaired) electrons. The Morgan fingerprint density at radius 2 is 1.79 bits per heavy atom. The van der Waals surface area contributed by atoms with Crippen LogP contribution in [0.5, 0.6) is 0 Å². The predicted octanol–water partition coefficient (Wildman–Crippen LogP) is 0.677. The minimum absolute atomic E-state index is 0.222. The summed E-state index contributed by atoms with van der Waals surface area (Å²) in [6.07, 6.45) is -5.45. The van der Waals surface area contributed by atoms with Crippen molar-refractivity contribution in [2.24, 2.45) is 0 Å². The highest BCUT2D eigenvalue weighted by atomic mass is 32.2. The molecule has 2 N–H and O–H groups in total. The average Bonchev–Trinajstić information content (AvgIpc) is 2.53. The molecule has 0 aromatic heterocycles. The van der Waals surface area contributed by atoms with Crippen molar-refractivity contribution in [3.05, 3.63) is 29.8 Å². The quantitative estimate of drug-likeness (QED) is 0.772. The fourth-order valence-corrected chi connectivity index (χ4v) is 3.33. The van der Waals surface area contributed by atoms with Gasteiger partial charge in [0.15, 0.2) is 0 Å². The lowest BCUT2D eigenvalue weighted by Crippen LogP contribution is -2.44. The van der Waals surface area contributed by atoms with Gasteiger partial charge in [-0.15, -0.1) is 0 Å². The summed E-state index contributed by atoms with van der Waals surface area (Å²) in [5.41, 5.74) is -0.922. The van der Waals surface area contributed by atoms with Crippen molar-refractivity contribution in [2.45, 2.75) is 17.2 Å². The summed E-state index contributed by atoms with van der Waals surface area (Å²) < 4.78 is 68.9. The molecule has 1 aromatic rings. The molecule has 24 heavy (non-hydrogen) atoms. The molecule has 0 unspecified atom stereocenters. The van der Waals surface area contributed by atoms with Crippen LogP contribution >= 0.6 is 0 Å². The molecule has 0 aliphatic carbocycles. The lowest BCUT2D eigenvalue weighted by molar-refractivity contribution is -0.137. The van der Waals surface area contributed by atoms with Crippen molar-refractivity contribution in [2.75, 3.05) is 39.4 Å². The van der Waals surface area contributed by atoms with Crippen molar-refractivity contribution >= 4 is 10.0 Å². The van der Waals surface area contributed by atoms with Gasteiger partial charge in [0, 0.05) is 26.2 Å². The Balaban J connectivity index is 1.90. The summed E-state index contributed by atoms with van der Waals surface area (Å²) in [5, 5.41) is 9.90. The van der Waals surface area contributed by atoms with Gasteiger partial charge in [0.2, 0.25) is 10.0 Å². The molecule has 1 fully saturated rings. The molecule has 1 aromatic carbocycles. The van der Waals surface area contributed by atoms with E-state index in [9.17, 15) is 26.7 Å². The smallest absolute Gasteiger partial charge is 0.390 e. The molecule has 0 bridgehead atoms. The molecule has 1 saturated heterocycles. The van der Waals surface area contributed by atoms with Crippen LogP contribution in [0.1, 0.15) is 5.56 Å². The first kappa shape index (κ1) is 19.1. The van der Waals surface area contributed by atoms with E-state index in [4.69, 9.17) is 4.74 Å². The number of alkyl halides is 3. The van der Waals surface area contributed by atoms with Crippen LogP contribution in [0.3, 0.4) is 0 Å². The van der Waals surface area contributed by atoms with E-state index in [0.717, 1.165) is 12.1 Å². The number of ether oxygens (including phenoxy) is 1. The normalized spacial score (nSPS) is 18.5. The van der Waals surface area contributed by atoms with E-state index < -0.39 is 27.9 Å². The largest absolute Gasteiger partial charge is 0.416 e. The van der Waals surface area contributed by atoms with E-state index in [2.05, 4.69) is 4.72 Å². The first-order valence-electron chi connectivity index (χ1n) is 7.33. The van der Waals surface area contributed by atoms with E-state index in [1.165, 1.54) is 0 Å². The second kappa shape index (κ2) is 7.79. The van der Waals surface area contributed by atoms with E-state index in [0.29, 0.717) is 45.0 Å². The number of rotatable bonds is 6. The van der Waals surface area contributed by atoms with E-state index in [1.807, 2.05) is 4.90 Å². The number of β-amino-alcohol motifs (C(OH)–C–C–N with tert-alkyl or cyclic N) is 1. The summed E-state index contributed by atoms with van der Waals surface area (Å²) in [7, 11) is -3.98. The molecule has 1 atom stereocenters. The van der Waals surface area contributed by atoms with Gasteiger partial charge < -0.3 is 9.84 Å². The molecule has 0 saturated carbocycles. The Kier molecular flexibility index (Phi) is 6.21. The standard InChI is InChI=1S/C14H19F3N2O4S/c15-14(16,17)11-1-3-13(4-2-11)24(21,22)18-9-12(20)10-19-5-7-23-8-6-19/h1-4,12,18,20H,5-10H2/t12-/m0/s1. The van der Waals surface area contributed by atoms with Crippen molar-refractivity contribution in [3.63, 3.8) is 0 Å². The Hall–Kier alpha value is -1.20. The number of hydrogen-bond donors (Lipinski definition) is 2. The van der Waals surface area contributed by atoms with Gasteiger partial charge in [0.25, 0.3) is 0 Å². The first-order chi connectivity index (χ1) is 11.2. The van der Waals surface area contributed by atoms with E-state index in [1.54, 1.807) is 0 Å². The second-order valence-corrected chi connectivity index (χ2v) is 7.21. The maximum absolute atomic E-state index is 12.5. The maximum Gasteiger partial charge on any atom is 0.416 e. The van der Waals surface area contributed by atoms with Gasteiger partial charge in [-0.1, -0.05) is 0 Å². The van der Waals surface area contributed by atoms with Gasteiger partial charge in [0.1, 0.15) is 0 Å². The van der Waals surface area contributed by atoms with Crippen LogP contribution in [0.2, 0.25) is 0 Å². The molecule has 1 aliphatic heterocycles. The van der Waals surface area contributed by atoms with Crippen molar-refractivity contribution in [1.82, 2.24) is 9.62 Å². The molecular formula is C14H19F3N2O4S. The van der Waals surface area contributed by atoms with Gasteiger partial charge in [-0.3, -0.25) is 4.90 Å². The molecule has 0 spiro atoms. The number of sulfonamides is 1. The molecule has 6 nitrogen and oxygen atoms in total. The van der Waals surface area contributed by atoms with Crippen LogP contribution in [-0.4, -0.2) is 63.9 Å². The molecular weight excluding hydrogens is 349 g/mol. The highest BCUT2D eigenvalue weighted by Crippen LogP contribution is 2.29. The number of halogens is 3. The lowest BCUT2D eigenvalue weighted by Gasteiger charge is -2.28. The number of aliphatic hydroxyl groups excluding tert-OH is 1. The Morgan fingerprint density at radius 1 is 1.21 bits per heavy atom. The number of nitrogens with one attached hydrogen (secondary N) is 1. The highest BCUT2D eigenvalue weighted by Gasteiger charge is 2.30. The lowest BCUT2D eigenvalue weighted by atomic mass is 10.2. The van der Waals surface area contributed by atoms with Crippen LogP contribution < -0.4 is 4.72 Å². The van der Waals surface area contributed by atoms with Gasteiger partial charge in [-0.25, -0.2) is 13.1 Å². The zero-order valence-electron chi connectivity index (χ0n) is 12.8. The van der Waals surface area contributed by atoms with Gasteiger partial charge >= 0.3 is 6.18 Å². The molecule has 1 aliphatic rings. The molecule has 10 heteroatoms. The minimum Gasteiger partial charge on any atom is -0.390 e. The maximum atomic E-state index is 12.5. The predicted molar refractivity (Wildman–Crippen MR) is 79.9 cm³/mol. The number of hydrogen-bond acceptors (Lipinski definition) is 5. The third-order valence-electron chi connectivity index (χ3n) is 3.57. The van der Waals surface area contributed by atoms with Crippen LogP contribution in [0, 0.1) is 0 Å². The van der Waals surface area contributed by atoms with Crippen LogP contribution in [-0.2, 0) is 20.9 Å². The zero-order chi connectivity index (χ0) is 17.8. The summed E-state index contributed by atoms with van der Waals surface area (Å²) in [4.78, 5) is 1.66. The molecule has 136 valence electrons. The minimum atomic E-state index is -4.52. The third-order valence-corrected chi connectivity index (χ3v) is 5.01. The third kappa shape index (κ3) is 5.42. The fraction of sp³-hybridized carbons (Fsp3) is 0.571. The van der Waals surface area contributed by atoms with Crippen LogP contribution in [0.4, 0.5) is 13.2 Å². The Labute approximate surface area is 138 Å². The van der Waals surface area contributed by atoms with Crippen molar-refractivity contribution < 1.29 is 31.4 Å². The van der Waals surface area contributed by atoms with E-state index >= 15 is 0 Å². The van der Waals surface area contributed by atoms with Crippen molar-refractivity contribution in [3.8, 4) is 0 Å². The SMILES string of the molecule is O=S(=O)(NC[C@H](O)CN1CCOCC1)c1ccc(C(F)(F)F)cc1. The fourth-order valence-electron chi connectivity index (χ4n) is 2.26. The van der Waals surface area contributed by atoms with Gasteiger partial charge in [0.05, 0.1) is 29.8 Å². The molecule has 2 rings (SSSR count). The number of aliphatic hydroxyl groups is 1. The van der Waals surface area contributed by atoms with Crippen LogP contribution in [0.15, 0.2) is 29.2 Å². The summed E-state index contributed by atoms with van der Waals surface area (Å²) in [6.45, 7) is 2.50. The Morgan fingerprint density at radius 3 is 2.33 bits per heavy atom. The number of nitrogens with zero attached hydrogens (tertiary/aromatic N) is 1. The van der Waals surface area contributed by atoms with Crippen molar-refractivity contribution in [1.29, 1.82) is 0 Å². The summed E-state index contributed by atoms with van der Waals surface area (Å²) in [6, 6.07) is 3.19. The summed E-state index contributed by atoms with van der Waals surface area (Å²) >= 11 is 0. The topological polar surface area (TPSA) is 78.9 Å². The first-order valence-corrected chi connectivity index (χ1v) is 8.82.